The normalized spacial score (nSPS) is 13.5. The monoisotopic (exact) mass is 302 g/mol. The average molecular weight is 302 g/mol. The smallest absolute Gasteiger partial charge is 0.269 e. The lowest BCUT2D eigenvalue weighted by molar-refractivity contribution is -0.384. The van der Waals surface area contributed by atoms with Crippen molar-refractivity contribution < 1.29 is 15.1 Å². The lowest BCUT2D eigenvalue weighted by Gasteiger charge is -2.15. The lowest BCUT2D eigenvalue weighted by atomic mass is 10.1. The summed E-state index contributed by atoms with van der Waals surface area (Å²) in [5.74, 6) is 0. The van der Waals surface area contributed by atoms with E-state index in [2.05, 4.69) is 5.32 Å². The van der Waals surface area contributed by atoms with Gasteiger partial charge in [-0.25, -0.2) is 0 Å². The third-order valence-corrected chi connectivity index (χ3v) is 3.35. The second-order valence-electron chi connectivity index (χ2n) is 4.95. The Labute approximate surface area is 128 Å². The number of rotatable bonds is 7. The quantitative estimate of drug-likeness (QED) is 0.536. The summed E-state index contributed by atoms with van der Waals surface area (Å²) < 4.78 is 0. The maximum absolute atomic E-state index is 10.6. The van der Waals surface area contributed by atoms with Crippen molar-refractivity contribution in [1.29, 1.82) is 0 Å². The first kappa shape index (κ1) is 16.1. The van der Waals surface area contributed by atoms with Crippen molar-refractivity contribution in [3.8, 4) is 0 Å². The first-order chi connectivity index (χ1) is 10.6. The molecule has 0 heterocycles. The highest BCUT2D eigenvalue weighted by atomic mass is 16.6. The maximum Gasteiger partial charge on any atom is 0.269 e. The van der Waals surface area contributed by atoms with E-state index >= 15 is 0 Å². The summed E-state index contributed by atoms with van der Waals surface area (Å²) in [6.45, 7) is 0.565. The van der Waals surface area contributed by atoms with E-state index in [0.29, 0.717) is 12.1 Å². The van der Waals surface area contributed by atoms with Gasteiger partial charge < -0.3 is 15.5 Å². The molecule has 3 N–H and O–H groups in total. The molecule has 2 aromatic carbocycles. The maximum atomic E-state index is 10.6. The Bertz CT molecular complexity index is 601. The number of aliphatic hydroxyl groups is 2. The summed E-state index contributed by atoms with van der Waals surface area (Å²) >= 11 is 0. The molecule has 0 amide bonds. The predicted molar refractivity (Wildman–Crippen MR) is 82.3 cm³/mol. The summed E-state index contributed by atoms with van der Waals surface area (Å²) in [6.07, 6.45) is -1.44. The van der Waals surface area contributed by atoms with E-state index < -0.39 is 17.1 Å². The Morgan fingerprint density at radius 1 is 0.909 bits per heavy atom. The van der Waals surface area contributed by atoms with Crippen molar-refractivity contribution >= 4 is 5.69 Å². The molecule has 0 aliphatic heterocycles. The third kappa shape index (κ3) is 4.36. The van der Waals surface area contributed by atoms with Crippen molar-refractivity contribution in [2.75, 3.05) is 13.1 Å². The van der Waals surface area contributed by atoms with E-state index in [4.69, 9.17) is 0 Å². The minimum absolute atomic E-state index is 0.0107. The topological polar surface area (TPSA) is 95.6 Å². The summed E-state index contributed by atoms with van der Waals surface area (Å²) in [4.78, 5) is 10.1. The molecule has 6 nitrogen and oxygen atoms in total. The molecule has 0 saturated carbocycles. The van der Waals surface area contributed by atoms with Crippen molar-refractivity contribution in [1.82, 2.24) is 5.32 Å². The molecule has 22 heavy (non-hydrogen) atoms. The number of benzene rings is 2. The lowest BCUT2D eigenvalue weighted by Crippen LogP contribution is -2.26. The molecule has 0 radical (unpaired) electrons. The van der Waals surface area contributed by atoms with Gasteiger partial charge in [-0.15, -0.1) is 0 Å². The van der Waals surface area contributed by atoms with Crippen LogP contribution in [0.2, 0.25) is 0 Å². The largest absolute Gasteiger partial charge is 0.387 e. The zero-order valence-electron chi connectivity index (χ0n) is 11.9. The molecule has 2 rings (SSSR count). The van der Waals surface area contributed by atoms with Crippen LogP contribution < -0.4 is 5.32 Å². The Hall–Kier alpha value is -2.28. The van der Waals surface area contributed by atoms with Gasteiger partial charge in [-0.3, -0.25) is 10.1 Å². The summed E-state index contributed by atoms with van der Waals surface area (Å²) in [5.41, 5.74) is 1.38. The Morgan fingerprint density at radius 3 is 1.91 bits per heavy atom. The fourth-order valence-corrected chi connectivity index (χ4v) is 2.09. The zero-order chi connectivity index (χ0) is 15.9. The second kappa shape index (κ2) is 7.65. The molecule has 0 aliphatic rings. The summed E-state index contributed by atoms with van der Waals surface area (Å²) in [7, 11) is 0. The zero-order valence-corrected chi connectivity index (χ0v) is 11.9. The predicted octanol–water partition coefficient (Wildman–Crippen LogP) is 1.95. The molecule has 0 aliphatic carbocycles. The molecule has 116 valence electrons. The van der Waals surface area contributed by atoms with Gasteiger partial charge in [0, 0.05) is 25.2 Å². The number of nitro groups is 1. The highest BCUT2D eigenvalue weighted by Gasteiger charge is 2.12. The Morgan fingerprint density at radius 2 is 1.41 bits per heavy atom. The second-order valence-corrected chi connectivity index (χ2v) is 4.95. The summed E-state index contributed by atoms with van der Waals surface area (Å²) in [5, 5.41) is 33.6. The van der Waals surface area contributed by atoms with Crippen LogP contribution >= 0.6 is 0 Å². The van der Waals surface area contributed by atoms with Crippen LogP contribution in [0.5, 0.6) is 0 Å². The van der Waals surface area contributed by atoms with Crippen LogP contribution in [0.25, 0.3) is 0 Å². The number of non-ortho nitro benzene ring substituents is 1. The van der Waals surface area contributed by atoms with Gasteiger partial charge in [0.15, 0.2) is 0 Å². The van der Waals surface area contributed by atoms with Gasteiger partial charge in [-0.1, -0.05) is 30.3 Å². The first-order valence-electron chi connectivity index (χ1n) is 6.94. The number of nitrogens with one attached hydrogen (secondary N) is 1. The van der Waals surface area contributed by atoms with Crippen LogP contribution in [0.1, 0.15) is 23.3 Å². The highest BCUT2D eigenvalue weighted by molar-refractivity contribution is 5.33. The van der Waals surface area contributed by atoms with Crippen molar-refractivity contribution in [3.63, 3.8) is 0 Å². The number of nitrogens with zero attached hydrogens (tertiary/aromatic N) is 1. The number of aliphatic hydroxyl groups excluding tert-OH is 2. The minimum Gasteiger partial charge on any atom is -0.387 e. The first-order valence-corrected chi connectivity index (χ1v) is 6.94. The highest BCUT2D eigenvalue weighted by Crippen LogP contribution is 2.17. The van der Waals surface area contributed by atoms with E-state index in [9.17, 15) is 20.3 Å². The van der Waals surface area contributed by atoms with Gasteiger partial charge in [0.05, 0.1) is 17.1 Å². The van der Waals surface area contributed by atoms with Crippen LogP contribution in [-0.2, 0) is 0 Å². The molecule has 6 heteroatoms. The minimum atomic E-state index is -0.788. The van der Waals surface area contributed by atoms with E-state index in [-0.39, 0.29) is 12.2 Å². The van der Waals surface area contributed by atoms with Crippen molar-refractivity contribution in [3.05, 3.63) is 75.8 Å². The molecule has 2 atom stereocenters. The fourth-order valence-electron chi connectivity index (χ4n) is 2.09. The van der Waals surface area contributed by atoms with Gasteiger partial charge in [0.1, 0.15) is 0 Å². The molecule has 2 aromatic rings. The number of nitro benzene ring substituents is 1. The average Bonchev–Trinajstić information content (AvgIpc) is 2.55. The van der Waals surface area contributed by atoms with E-state index in [1.54, 1.807) is 0 Å². The number of hydrogen-bond acceptors (Lipinski definition) is 5. The van der Waals surface area contributed by atoms with Crippen LogP contribution in [0.4, 0.5) is 5.69 Å². The van der Waals surface area contributed by atoms with Gasteiger partial charge in [-0.2, -0.15) is 0 Å². The molecule has 0 unspecified atom stereocenters. The van der Waals surface area contributed by atoms with Crippen LogP contribution in [0.15, 0.2) is 54.6 Å². The molecule has 0 fully saturated rings. The Kier molecular flexibility index (Phi) is 5.60. The SMILES string of the molecule is O=[N+]([O-])c1ccc([C@@H](O)CNC[C@H](O)c2ccccc2)cc1. The van der Waals surface area contributed by atoms with Crippen LogP contribution in [-0.4, -0.2) is 28.2 Å². The molecule has 0 aromatic heterocycles. The van der Waals surface area contributed by atoms with Gasteiger partial charge >= 0.3 is 0 Å². The van der Waals surface area contributed by atoms with Crippen molar-refractivity contribution in [2.45, 2.75) is 12.2 Å². The molecule has 0 saturated heterocycles. The van der Waals surface area contributed by atoms with E-state index in [0.717, 1.165) is 5.56 Å². The standard InChI is InChI=1S/C16H18N2O4/c19-15(12-4-2-1-3-5-12)10-17-11-16(20)13-6-8-14(9-7-13)18(21)22/h1-9,15-17,19-20H,10-11H2/t15-,16-/m0/s1. The molecular weight excluding hydrogens is 284 g/mol. The molecule has 0 spiro atoms. The van der Waals surface area contributed by atoms with Crippen molar-refractivity contribution in [2.24, 2.45) is 0 Å². The third-order valence-electron chi connectivity index (χ3n) is 3.35. The van der Waals surface area contributed by atoms with Gasteiger partial charge in [0.25, 0.3) is 5.69 Å². The molecular formula is C16H18N2O4. The Balaban J connectivity index is 1.82. The summed E-state index contributed by atoms with van der Waals surface area (Å²) in [6, 6.07) is 15.0. The van der Waals surface area contributed by atoms with E-state index in [1.807, 2.05) is 30.3 Å². The fraction of sp³-hybridized carbons (Fsp3) is 0.250. The van der Waals surface area contributed by atoms with Gasteiger partial charge in [0.2, 0.25) is 0 Å². The van der Waals surface area contributed by atoms with Crippen LogP contribution in [0, 0.1) is 10.1 Å². The van der Waals surface area contributed by atoms with Crippen LogP contribution in [0.3, 0.4) is 0 Å². The van der Waals surface area contributed by atoms with E-state index in [1.165, 1.54) is 24.3 Å². The molecule has 0 bridgehead atoms. The number of hydrogen-bond donors (Lipinski definition) is 3. The van der Waals surface area contributed by atoms with Gasteiger partial charge in [-0.05, 0) is 23.3 Å².